The number of nitrogens with zero attached hydrogens (tertiary/aromatic N) is 3. The van der Waals surface area contributed by atoms with Crippen molar-refractivity contribution in [3.63, 3.8) is 0 Å². The number of carbonyl (C=O) groups is 1. The molecule has 0 unspecified atom stereocenters. The molecule has 1 heterocycles. The fraction of sp³-hybridized carbons (Fsp3) is 0.111. The number of rotatable bonds is 9. The van der Waals surface area contributed by atoms with Crippen LogP contribution in [0.5, 0.6) is 5.75 Å². The third kappa shape index (κ3) is 7.41. The first-order chi connectivity index (χ1) is 18.3. The minimum Gasteiger partial charge on any atom is -0.489 e. The van der Waals surface area contributed by atoms with Crippen molar-refractivity contribution in [1.82, 2.24) is 10.4 Å². The van der Waals surface area contributed by atoms with Crippen LogP contribution >= 0.6 is 11.3 Å². The molecule has 0 fully saturated rings. The third-order valence-corrected chi connectivity index (χ3v) is 5.96. The van der Waals surface area contributed by atoms with Gasteiger partial charge < -0.3 is 10.1 Å². The number of hydrogen-bond donors (Lipinski definition) is 2. The molecule has 0 aliphatic rings. The van der Waals surface area contributed by atoms with E-state index < -0.39 is 17.6 Å². The average molecular weight is 536 g/mol. The molecule has 0 radical (unpaired) electrons. The number of anilines is 2. The molecule has 1 amide bonds. The molecule has 38 heavy (non-hydrogen) atoms. The Kier molecular flexibility index (Phi) is 8.35. The molecule has 2 N–H and O–H groups in total. The normalized spacial score (nSPS) is 11.2. The van der Waals surface area contributed by atoms with Gasteiger partial charge in [-0.2, -0.15) is 23.5 Å². The molecule has 0 saturated carbocycles. The predicted molar refractivity (Wildman–Crippen MR) is 138 cm³/mol. The van der Waals surface area contributed by atoms with Gasteiger partial charge in [0, 0.05) is 16.6 Å². The second-order valence-electron chi connectivity index (χ2n) is 7.94. The van der Waals surface area contributed by atoms with E-state index in [0.717, 1.165) is 23.3 Å². The first kappa shape index (κ1) is 26.4. The van der Waals surface area contributed by atoms with Gasteiger partial charge in [0.25, 0.3) is 0 Å². The summed E-state index contributed by atoms with van der Waals surface area (Å²) in [6, 6.07) is 21.2. The van der Waals surface area contributed by atoms with Crippen LogP contribution in [0.1, 0.15) is 27.9 Å². The van der Waals surface area contributed by atoms with E-state index in [9.17, 15) is 18.0 Å². The zero-order valence-corrected chi connectivity index (χ0v) is 20.5. The van der Waals surface area contributed by atoms with Crippen LogP contribution in [0.4, 0.5) is 24.0 Å². The van der Waals surface area contributed by atoms with Crippen LogP contribution in [0.3, 0.4) is 0 Å². The van der Waals surface area contributed by atoms with E-state index in [1.807, 2.05) is 12.1 Å². The average Bonchev–Trinajstić information content (AvgIpc) is 3.34. The van der Waals surface area contributed by atoms with Gasteiger partial charge >= 0.3 is 6.18 Å². The minimum atomic E-state index is -4.44. The highest BCUT2D eigenvalue weighted by molar-refractivity contribution is 7.13. The summed E-state index contributed by atoms with van der Waals surface area (Å²) >= 11 is 1.18. The summed E-state index contributed by atoms with van der Waals surface area (Å²) in [6.45, 7) is 0.265. The lowest BCUT2D eigenvalue weighted by atomic mass is 10.1. The standard InChI is InChI=1S/C27H20F3N5O2S/c28-27(29,30)21-6-3-7-22(12-21)33-26-34-23(17-38-26)13-25(36)35-32-15-18-8-10-24(11-9-18)37-16-20-5-2-1-4-19(20)14-31/h1-12,15,17H,13,16H2,(H,33,34)(H,35,36)/b32-15-. The lowest BCUT2D eigenvalue weighted by Gasteiger charge is -2.08. The molecule has 0 aliphatic heterocycles. The maximum absolute atomic E-state index is 12.9. The summed E-state index contributed by atoms with van der Waals surface area (Å²) in [5.41, 5.74) is 4.45. The smallest absolute Gasteiger partial charge is 0.416 e. The minimum absolute atomic E-state index is 0.0466. The van der Waals surface area contributed by atoms with Crippen molar-refractivity contribution >= 4 is 34.3 Å². The van der Waals surface area contributed by atoms with E-state index in [1.165, 1.54) is 29.7 Å². The molecule has 7 nitrogen and oxygen atoms in total. The molecule has 0 spiro atoms. The molecular formula is C27H20F3N5O2S. The molecule has 11 heteroatoms. The van der Waals surface area contributed by atoms with E-state index in [-0.39, 0.29) is 18.7 Å². The number of alkyl halides is 3. The number of hydrogen-bond acceptors (Lipinski definition) is 7. The molecule has 0 atom stereocenters. The molecule has 0 aliphatic carbocycles. The lowest BCUT2D eigenvalue weighted by Crippen LogP contribution is -2.19. The zero-order chi connectivity index (χ0) is 27.0. The van der Waals surface area contributed by atoms with Gasteiger partial charge in [-0.25, -0.2) is 10.4 Å². The Hall–Kier alpha value is -4.69. The van der Waals surface area contributed by atoms with Crippen molar-refractivity contribution < 1.29 is 22.7 Å². The van der Waals surface area contributed by atoms with Crippen LogP contribution in [-0.2, 0) is 24.0 Å². The van der Waals surface area contributed by atoms with Gasteiger partial charge in [0.1, 0.15) is 12.4 Å². The number of thiazole rings is 1. The molecule has 4 aromatic rings. The van der Waals surface area contributed by atoms with Crippen molar-refractivity contribution in [3.8, 4) is 11.8 Å². The maximum Gasteiger partial charge on any atom is 0.416 e. The first-order valence-electron chi connectivity index (χ1n) is 11.2. The first-order valence-corrected chi connectivity index (χ1v) is 12.1. The summed E-state index contributed by atoms with van der Waals surface area (Å²) in [7, 11) is 0. The number of halogens is 3. The Morgan fingerprint density at radius 2 is 1.89 bits per heavy atom. The predicted octanol–water partition coefficient (Wildman–Crippen LogP) is 6.05. The Morgan fingerprint density at radius 3 is 2.66 bits per heavy atom. The highest BCUT2D eigenvalue weighted by Gasteiger charge is 2.30. The van der Waals surface area contributed by atoms with Crippen LogP contribution in [0.15, 0.2) is 83.3 Å². The topological polar surface area (TPSA) is 99.4 Å². The summed E-state index contributed by atoms with van der Waals surface area (Å²) in [4.78, 5) is 16.4. The third-order valence-electron chi connectivity index (χ3n) is 5.15. The number of hydrazone groups is 1. The van der Waals surface area contributed by atoms with Gasteiger partial charge in [0.05, 0.1) is 35.5 Å². The number of amides is 1. The Morgan fingerprint density at radius 1 is 1.11 bits per heavy atom. The number of nitrogens with one attached hydrogen (secondary N) is 2. The molecule has 4 rings (SSSR count). The van der Waals surface area contributed by atoms with Crippen molar-refractivity contribution in [1.29, 1.82) is 5.26 Å². The maximum atomic E-state index is 12.9. The summed E-state index contributed by atoms with van der Waals surface area (Å²) in [6.07, 6.45) is -3.00. The zero-order valence-electron chi connectivity index (χ0n) is 19.7. The van der Waals surface area contributed by atoms with Gasteiger partial charge in [-0.05, 0) is 54.1 Å². The Labute approximate surface area is 220 Å². The quantitative estimate of drug-likeness (QED) is 0.201. The fourth-order valence-electron chi connectivity index (χ4n) is 3.29. The summed E-state index contributed by atoms with van der Waals surface area (Å²) in [5, 5.41) is 17.9. The van der Waals surface area contributed by atoms with Gasteiger partial charge in [0.2, 0.25) is 5.91 Å². The van der Waals surface area contributed by atoms with Crippen molar-refractivity contribution in [3.05, 3.63) is 106 Å². The molecule has 192 valence electrons. The van der Waals surface area contributed by atoms with Crippen LogP contribution in [0.2, 0.25) is 0 Å². The molecular weight excluding hydrogens is 515 g/mol. The van der Waals surface area contributed by atoms with Crippen molar-refractivity contribution in [2.75, 3.05) is 5.32 Å². The van der Waals surface area contributed by atoms with Gasteiger partial charge in [-0.3, -0.25) is 4.79 Å². The summed E-state index contributed by atoms with van der Waals surface area (Å²) < 4.78 is 44.4. The molecule has 3 aromatic carbocycles. The van der Waals surface area contributed by atoms with Crippen molar-refractivity contribution in [2.45, 2.75) is 19.2 Å². The van der Waals surface area contributed by atoms with E-state index in [0.29, 0.717) is 22.1 Å². The van der Waals surface area contributed by atoms with Crippen LogP contribution in [-0.4, -0.2) is 17.1 Å². The SMILES string of the molecule is N#Cc1ccccc1COc1ccc(/C=N\NC(=O)Cc2csc(Nc3cccc(C(F)(F)F)c3)n2)cc1. The van der Waals surface area contributed by atoms with E-state index in [1.54, 1.807) is 41.8 Å². The second kappa shape index (κ2) is 12.0. The fourth-order valence-corrected chi connectivity index (χ4v) is 4.02. The highest BCUT2D eigenvalue weighted by Crippen LogP contribution is 2.31. The monoisotopic (exact) mass is 535 g/mol. The van der Waals surface area contributed by atoms with Crippen molar-refractivity contribution in [2.24, 2.45) is 5.10 Å². The number of ether oxygens (including phenoxy) is 1. The Bertz CT molecular complexity index is 1480. The van der Waals surface area contributed by atoms with E-state index >= 15 is 0 Å². The van der Waals surface area contributed by atoms with Gasteiger partial charge in [0.15, 0.2) is 5.13 Å². The largest absolute Gasteiger partial charge is 0.489 e. The number of carbonyl (C=O) groups excluding carboxylic acids is 1. The second-order valence-corrected chi connectivity index (χ2v) is 8.80. The molecule has 0 bridgehead atoms. The molecule has 0 saturated heterocycles. The van der Waals surface area contributed by atoms with Gasteiger partial charge in [-0.1, -0.05) is 24.3 Å². The van der Waals surface area contributed by atoms with Crippen LogP contribution in [0, 0.1) is 11.3 Å². The lowest BCUT2D eigenvalue weighted by molar-refractivity contribution is -0.137. The number of aromatic nitrogens is 1. The van der Waals surface area contributed by atoms with Crippen LogP contribution < -0.4 is 15.5 Å². The van der Waals surface area contributed by atoms with E-state index in [4.69, 9.17) is 10.00 Å². The summed E-state index contributed by atoms with van der Waals surface area (Å²) in [5.74, 6) is 0.227. The molecule has 1 aromatic heterocycles. The Balaban J connectivity index is 1.24. The number of benzene rings is 3. The highest BCUT2D eigenvalue weighted by atomic mass is 32.1. The number of nitriles is 1. The van der Waals surface area contributed by atoms with Gasteiger partial charge in [-0.15, -0.1) is 11.3 Å². The van der Waals surface area contributed by atoms with E-state index in [2.05, 4.69) is 26.9 Å². The van der Waals surface area contributed by atoms with Crippen LogP contribution in [0.25, 0.3) is 0 Å².